The van der Waals surface area contributed by atoms with Gasteiger partial charge in [-0.3, -0.25) is 0 Å². The maximum Gasteiger partial charge on any atom is 0.337 e. The van der Waals surface area contributed by atoms with E-state index in [4.69, 9.17) is 9.47 Å². The largest absolute Gasteiger partial charge is 0.465 e. The van der Waals surface area contributed by atoms with Crippen LogP contribution in [0.2, 0.25) is 24.2 Å². The molecule has 30 heavy (non-hydrogen) atoms. The van der Waals surface area contributed by atoms with Crippen LogP contribution < -0.4 is 0 Å². The van der Waals surface area contributed by atoms with Crippen molar-refractivity contribution < 1.29 is 14.3 Å². The van der Waals surface area contributed by atoms with Gasteiger partial charge in [0.05, 0.1) is 32.6 Å². The van der Waals surface area contributed by atoms with Gasteiger partial charge in [0.1, 0.15) is 12.6 Å². The Morgan fingerprint density at radius 3 is 2.50 bits per heavy atom. The van der Waals surface area contributed by atoms with Crippen molar-refractivity contribution in [3.63, 3.8) is 0 Å². The molecule has 2 aromatic rings. The van der Waals surface area contributed by atoms with Gasteiger partial charge in [-0.25, -0.2) is 9.78 Å². The number of aromatic nitrogens is 2. The average molecular weight is 431 g/mol. The van der Waals surface area contributed by atoms with Crippen molar-refractivity contribution in [3.8, 4) is 11.3 Å². The van der Waals surface area contributed by atoms with Gasteiger partial charge in [-0.15, -0.1) is 0 Å². The van der Waals surface area contributed by atoms with Gasteiger partial charge in [0.25, 0.3) is 0 Å². The molecular weight excluding hydrogens is 392 g/mol. The highest BCUT2D eigenvalue weighted by Gasteiger charge is 2.26. The number of rotatable bonds is 13. The molecule has 1 heterocycles. The van der Waals surface area contributed by atoms with Crippen LogP contribution in [0.1, 0.15) is 56.7 Å². The number of hydrogen-bond acceptors (Lipinski definition) is 4. The van der Waals surface area contributed by atoms with E-state index in [9.17, 15) is 4.79 Å². The normalized spacial score (nSPS) is 11.6. The van der Waals surface area contributed by atoms with E-state index in [-0.39, 0.29) is 5.97 Å². The zero-order valence-electron chi connectivity index (χ0n) is 19.4. The second-order valence-electron chi connectivity index (χ2n) is 8.01. The standard InChI is InChI=1S/C24H38N2O3Si/c1-6-10-14-23-25-18-22(20-12-11-13-21(17-20)24(27)28-5)26(23)19-29-15-16-30(7-2,8-3)9-4/h11-13,17-18H,6-10,14-16,19H2,1-5H3. The highest BCUT2D eigenvalue weighted by Crippen LogP contribution is 2.26. The zero-order chi connectivity index (χ0) is 22.0. The first kappa shape index (κ1) is 24.3. The number of ether oxygens (including phenoxy) is 2. The maximum absolute atomic E-state index is 12.0. The van der Waals surface area contributed by atoms with Crippen molar-refractivity contribution in [2.24, 2.45) is 0 Å². The predicted octanol–water partition coefficient (Wildman–Crippen LogP) is 6.16. The molecular formula is C24H38N2O3Si. The summed E-state index contributed by atoms with van der Waals surface area (Å²) in [4.78, 5) is 16.6. The lowest BCUT2D eigenvalue weighted by Crippen LogP contribution is -2.32. The quantitative estimate of drug-likeness (QED) is 0.217. The summed E-state index contributed by atoms with van der Waals surface area (Å²) in [6.07, 6.45) is 5.04. The van der Waals surface area contributed by atoms with Crippen LogP contribution in [0.4, 0.5) is 0 Å². The van der Waals surface area contributed by atoms with E-state index in [2.05, 4.69) is 37.2 Å². The van der Waals surface area contributed by atoms with E-state index >= 15 is 0 Å². The molecule has 0 saturated heterocycles. The molecule has 0 saturated carbocycles. The zero-order valence-corrected chi connectivity index (χ0v) is 20.4. The minimum atomic E-state index is -1.18. The molecule has 0 aliphatic rings. The number of imidazole rings is 1. The van der Waals surface area contributed by atoms with Gasteiger partial charge in [0.15, 0.2) is 0 Å². The Balaban J connectivity index is 2.21. The fourth-order valence-corrected chi connectivity index (χ4v) is 7.11. The Morgan fingerprint density at radius 2 is 1.87 bits per heavy atom. The smallest absolute Gasteiger partial charge is 0.337 e. The second-order valence-corrected chi connectivity index (χ2v) is 13.6. The average Bonchev–Trinajstić information content (AvgIpc) is 3.20. The van der Waals surface area contributed by atoms with Crippen molar-refractivity contribution in [1.82, 2.24) is 9.55 Å². The number of hydrogen-bond donors (Lipinski definition) is 0. The van der Waals surface area contributed by atoms with Gasteiger partial charge in [-0.1, -0.05) is 64.4 Å². The van der Waals surface area contributed by atoms with Gasteiger partial charge in [-0.05, 0) is 24.6 Å². The Morgan fingerprint density at radius 1 is 1.13 bits per heavy atom. The van der Waals surface area contributed by atoms with E-state index in [1.807, 2.05) is 24.4 Å². The minimum absolute atomic E-state index is 0.328. The third-order valence-electron chi connectivity index (χ3n) is 6.52. The summed E-state index contributed by atoms with van der Waals surface area (Å²) in [7, 11) is 0.228. The molecule has 5 nitrogen and oxygen atoms in total. The first-order valence-electron chi connectivity index (χ1n) is 11.3. The molecule has 0 bridgehead atoms. The molecule has 2 rings (SSSR count). The lowest BCUT2D eigenvalue weighted by Gasteiger charge is -2.28. The van der Waals surface area contributed by atoms with Crippen molar-refractivity contribution >= 4 is 14.0 Å². The fraction of sp³-hybridized carbons (Fsp3) is 0.583. The SMILES string of the molecule is CCCCc1ncc(-c2cccc(C(=O)OC)c2)n1COCC[Si](CC)(CC)CC. The van der Waals surface area contributed by atoms with E-state index in [0.29, 0.717) is 12.3 Å². The number of nitrogens with zero attached hydrogens (tertiary/aromatic N) is 2. The van der Waals surface area contributed by atoms with E-state index in [1.54, 1.807) is 6.07 Å². The number of benzene rings is 1. The van der Waals surface area contributed by atoms with Crippen LogP contribution in [-0.4, -0.2) is 37.3 Å². The van der Waals surface area contributed by atoms with Crippen LogP contribution in [0.5, 0.6) is 0 Å². The van der Waals surface area contributed by atoms with E-state index in [0.717, 1.165) is 43.0 Å². The van der Waals surface area contributed by atoms with E-state index in [1.165, 1.54) is 31.3 Å². The fourth-order valence-electron chi connectivity index (χ4n) is 3.97. The third kappa shape index (κ3) is 6.05. The summed E-state index contributed by atoms with van der Waals surface area (Å²) in [5.41, 5.74) is 2.48. The van der Waals surface area contributed by atoms with Crippen LogP contribution >= 0.6 is 0 Å². The molecule has 0 aliphatic carbocycles. The molecule has 0 amide bonds. The molecule has 0 aliphatic heterocycles. The Kier molecular flexibility index (Phi) is 9.79. The van der Waals surface area contributed by atoms with Gasteiger partial charge in [0, 0.05) is 18.6 Å². The maximum atomic E-state index is 12.0. The molecule has 166 valence electrons. The van der Waals surface area contributed by atoms with Gasteiger partial charge < -0.3 is 14.0 Å². The predicted molar refractivity (Wildman–Crippen MR) is 126 cm³/mol. The number of aryl methyl sites for hydroxylation is 1. The second kappa shape index (κ2) is 12.1. The van der Waals surface area contributed by atoms with Crippen molar-refractivity contribution in [2.75, 3.05) is 13.7 Å². The summed E-state index contributed by atoms with van der Waals surface area (Å²) in [6, 6.07) is 12.7. The molecule has 1 aromatic carbocycles. The molecule has 0 radical (unpaired) electrons. The highest BCUT2D eigenvalue weighted by molar-refractivity contribution is 6.79. The molecule has 0 unspecified atom stereocenters. The summed E-state index contributed by atoms with van der Waals surface area (Å²) in [6.45, 7) is 10.5. The molecule has 0 spiro atoms. The summed E-state index contributed by atoms with van der Waals surface area (Å²) < 4.78 is 13.2. The van der Waals surface area contributed by atoms with Crippen molar-refractivity contribution in [3.05, 3.63) is 41.9 Å². The van der Waals surface area contributed by atoms with Crippen LogP contribution in [0.15, 0.2) is 30.5 Å². The minimum Gasteiger partial charge on any atom is -0.465 e. The Labute approximate surface area is 182 Å². The molecule has 0 atom stereocenters. The number of carbonyl (C=O) groups excluding carboxylic acids is 1. The summed E-state index contributed by atoms with van der Waals surface area (Å²) in [5, 5.41) is 0. The first-order chi connectivity index (χ1) is 14.5. The summed E-state index contributed by atoms with van der Waals surface area (Å²) >= 11 is 0. The molecule has 0 N–H and O–H groups in total. The van der Waals surface area contributed by atoms with Crippen LogP contribution in [0, 0.1) is 0 Å². The highest BCUT2D eigenvalue weighted by atomic mass is 28.3. The lowest BCUT2D eigenvalue weighted by molar-refractivity contribution is 0.0601. The van der Waals surface area contributed by atoms with Crippen LogP contribution in [0.25, 0.3) is 11.3 Å². The monoisotopic (exact) mass is 430 g/mol. The van der Waals surface area contributed by atoms with Gasteiger partial charge >= 0.3 is 5.97 Å². The molecule has 1 aromatic heterocycles. The number of esters is 1. The van der Waals surface area contributed by atoms with Gasteiger partial charge in [-0.2, -0.15) is 0 Å². The van der Waals surface area contributed by atoms with Crippen LogP contribution in [-0.2, 0) is 22.6 Å². The summed E-state index contributed by atoms with van der Waals surface area (Å²) in [5.74, 6) is 0.714. The Bertz CT molecular complexity index is 791. The topological polar surface area (TPSA) is 53.3 Å². The van der Waals surface area contributed by atoms with Crippen molar-refractivity contribution in [1.29, 1.82) is 0 Å². The molecule has 6 heteroatoms. The molecule has 0 fully saturated rings. The van der Waals surface area contributed by atoms with Gasteiger partial charge in [0.2, 0.25) is 0 Å². The third-order valence-corrected chi connectivity index (χ3v) is 12.3. The Hall–Kier alpha value is -1.92. The number of methoxy groups -OCH3 is 1. The van der Waals surface area contributed by atoms with E-state index < -0.39 is 8.07 Å². The number of carbonyl (C=O) groups is 1. The lowest BCUT2D eigenvalue weighted by atomic mass is 10.1. The number of unbranched alkanes of at least 4 members (excludes halogenated alkanes) is 1. The van der Waals surface area contributed by atoms with Crippen LogP contribution in [0.3, 0.4) is 0 Å². The van der Waals surface area contributed by atoms with Crippen molar-refractivity contribution in [2.45, 2.75) is 77.9 Å². The first-order valence-corrected chi connectivity index (χ1v) is 14.2.